The minimum Gasteiger partial charge on any atom is -0.465 e. The molecule has 3 heterocycles. The summed E-state index contributed by atoms with van der Waals surface area (Å²) in [6.07, 6.45) is 0.281. The van der Waals surface area contributed by atoms with Crippen molar-refractivity contribution in [3.63, 3.8) is 0 Å². The molecular formula is C23H25N3O5S2. The Balaban J connectivity index is 1.73. The van der Waals surface area contributed by atoms with Crippen LogP contribution in [0.5, 0.6) is 0 Å². The Labute approximate surface area is 199 Å². The van der Waals surface area contributed by atoms with Gasteiger partial charge in [0.25, 0.3) is 0 Å². The minimum atomic E-state index is -0.566. The molecule has 0 unspecified atom stereocenters. The minimum absolute atomic E-state index is 0.173. The monoisotopic (exact) mass is 487 g/mol. The number of thiophene rings is 1. The standard InChI is InChI=1S/C23H25N3O5S2/c1-12(27)24-19-18(20-25-15-10-13(21(28)30-5)6-7-16(15)32-20)14-8-9-26(11-17(14)33-19)22(29)31-23(2,3)4/h6-7,10H,8-9,11H2,1-5H3,(H,24,27). The molecule has 0 radical (unpaired) electrons. The molecular weight excluding hydrogens is 462 g/mol. The molecule has 0 fully saturated rings. The first-order chi connectivity index (χ1) is 15.6. The summed E-state index contributed by atoms with van der Waals surface area (Å²) >= 11 is 2.96. The molecule has 0 atom stereocenters. The Bertz CT molecular complexity index is 1250. The van der Waals surface area contributed by atoms with Gasteiger partial charge in [0.15, 0.2) is 0 Å². The van der Waals surface area contributed by atoms with Crippen LogP contribution in [0, 0.1) is 0 Å². The molecule has 174 valence electrons. The number of esters is 1. The topological polar surface area (TPSA) is 97.8 Å². The van der Waals surface area contributed by atoms with E-state index in [4.69, 9.17) is 14.5 Å². The molecule has 0 saturated heterocycles. The zero-order valence-corrected chi connectivity index (χ0v) is 20.7. The number of hydrogen-bond acceptors (Lipinski definition) is 8. The largest absolute Gasteiger partial charge is 0.465 e. The van der Waals surface area contributed by atoms with Crippen molar-refractivity contribution in [2.24, 2.45) is 0 Å². The summed E-state index contributed by atoms with van der Waals surface area (Å²) in [5.41, 5.74) is 2.52. The van der Waals surface area contributed by atoms with Crippen molar-refractivity contribution >= 4 is 55.9 Å². The van der Waals surface area contributed by atoms with Crippen molar-refractivity contribution in [2.45, 2.75) is 46.3 Å². The predicted molar refractivity (Wildman–Crippen MR) is 129 cm³/mol. The van der Waals surface area contributed by atoms with Crippen molar-refractivity contribution in [1.82, 2.24) is 9.88 Å². The van der Waals surface area contributed by atoms with Gasteiger partial charge >= 0.3 is 12.1 Å². The normalized spacial score (nSPS) is 13.5. The maximum atomic E-state index is 12.6. The van der Waals surface area contributed by atoms with Crippen molar-refractivity contribution in [3.8, 4) is 10.6 Å². The first kappa shape index (κ1) is 23.2. The third-order valence-corrected chi connectivity index (χ3v) is 7.21. The number of methoxy groups -OCH3 is 1. The van der Waals surface area contributed by atoms with E-state index < -0.39 is 11.6 Å². The second kappa shape index (κ2) is 8.75. The highest BCUT2D eigenvalue weighted by Gasteiger charge is 2.31. The average Bonchev–Trinajstić information content (AvgIpc) is 3.30. The molecule has 1 N–H and O–H groups in total. The molecule has 0 saturated carbocycles. The number of aromatic nitrogens is 1. The maximum Gasteiger partial charge on any atom is 0.410 e. The van der Waals surface area contributed by atoms with E-state index in [1.54, 1.807) is 17.0 Å². The second-order valence-electron chi connectivity index (χ2n) is 8.73. The van der Waals surface area contributed by atoms with E-state index in [0.717, 1.165) is 25.7 Å². The summed E-state index contributed by atoms with van der Waals surface area (Å²) in [7, 11) is 1.34. The van der Waals surface area contributed by atoms with Gasteiger partial charge in [-0.15, -0.1) is 22.7 Å². The number of nitrogens with zero attached hydrogens (tertiary/aromatic N) is 2. The molecule has 4 rings (SSSR count). The fraction of sp³-hybridized carbons (Fsp3) is 0.391. The van der Waals surface area contributed by atoms with Crippen molar-refractivity contribution in [1.29, 1.82) is 0 Å². The van der Waals surface area contributed by atoms with E-state index in [1.807, 2.05) is 26.8 Å². The first-order valence-corrected chi connectivity index (χ1v) is 12.1. The third kappa shape index (κ3) is 4.86. The van der Waals surface area contributed by atoms with Gasteiger partial charge in [-0.1, -0.05) is 0 Å². The number of hydrogen-bond donors (Lipinski definition) is 1. The van der Waals surface area contributed by atoms with Crippen LogP contribution in [0.3, 0.4) is 0 Å². The summed E-state index contributed by atoms with van der Waals surface area (Å²) in [4.78, 5) is 43.8. The zero-order valence-electron chi connectivity index (χ0n) is 19.1. The van der Waals surface area contributed by atoms with E-state index in [9.17, 15) is 14.4 Å². The van der Waals surface area contributed by atoms with Crippen LogP contribution in [-0.2, 0) is 27.2 Å². The third-order valence-electron chi connectivity index (χ3n) is 5.02. The number of benzene rings is 1. The van der Waals surface area contributed by atoms with E-state index in [2.05, 4.69) is 5.32 Å². The number of fused-ring (bicyclic) bond motifs is 2. The smallest absolute Gasteiger partial charge is 0.410 e. The van der Waals surface area contributed by atoms with Gasteiger partial charge < -0.3 is 19.7 Å². The van der Waals surface area contributed by atoms with Crippen molar-refractivity contribution < 1.29 is 23.9 Å². The van der Waals surface area contributed by atoms with Crippen LogP contribution in [0.15, 0.2) is 18.2 Å². The fourth-order valence-corrected chi connectivity index (χ4v) is 6.04. The van der Waals surface area contributed by atoms with Gasteiger partial charge in [-0.2, -0.15) is 0 Å². The number of anilines is 1. The van der Waals surface area contributed by atoms with E-state index in [-0.39, 0.29) is 12.0 Å². The van der Waals surface area contributed by atoms with Gasteiger partial charge in [0.05, 0.1) is 29.4 Å². The van der Waals surface area contributed by atoms with Crippen LogP contribution in [0.4, 0.5) is 9.80 Å². The number of carbonyl (C=O) groups excluding carboxylic acids is 3. The highest BCUT2D eigenvalue weighted by molar-refractivity contribution is 7.23. The Kier molecular flexibility index (Phi) is 6.15. The number of amides is 2. The SMILES string of the molecule is COC(=O)c1ccc2sc(-c3c(NC(C)=O)sc4c3CCN(C(=O)OC(C)(C)C)C4)nc2c1. The van der Waals surface area contributed by atoms with Gasteiger partial charge in [0, 0.05) is 23.9 Å². The lowest BCUT2D eigenvalue weighted by Gasteiger charge is -2.30. The van der Waals surface area contributed by atoms with Gasteiger partial charge in [0.1, 0.15) is 15.6 Å². The van der Waals surface area contributed by atoms with Crippen molar-refractivity contribution in [3.05, 3.63) is 34.2 Å². The Morgan fingerprint density at radius 2 is 1.94 bits per heavy atom. The molecule has 1 aliphatic heterocycles. The second-order valence-corrected chi connectivity index (χ2v) is 10.9. The summed E-state index contributed by atoms with van der Waals surface area (Å²) in [6, 6.07) is 5.28. The molecule has 0 aliphatic carbocycles. The number of thiazole rings is 1. The number of nitrogens with one attached hydrogen (secondary N) is 1. The van der Waals surface area contributed by atoms with Gasteiger partial charge in [0.2, 0.25) is 5.91 Å². The van der Waals surface area contributed by atoms with Gasteiger partial charge in [-0.05, 0) is 51.0 Å². The highest BCUT2D eigenvalue weighted by Crippen LogP contribution is 2.45. The zero-order chi connectivity index (χ0) is 23.9. The summed E-state index contributed by atoms with van der Waals surface area (Å²) in [6.45, 7) is 7.93. The molecule has 10 heteroatoms. The van der Waals surface area contributed by atoms with E-state index in [1.165, 1.54) is 36.7 Å². The van der Waals surface area contributed by atoms with Crippen LogP contribution >= 0.6 is 22.7 Å². The van der Waals surface area contributed by atoms with Crippen LogP contribution < -0.4 is 5.32 Å². The lowest BCUT2D eigenvalue weighted by molar-refractivity contribution is -0.114. The molecule has 0 spiro atoms. The fourth-order valence-electron chi connectivity index (χ4n) is 3.64. The molecule has 0 bridgehead atoms. The lowest BCUT2D eigenvalue weighted by Crippen LogP contribution is -2.39. The summed E-state index contributed by atoms with van der Waals surface area (Å²) < 4.78 is 11.3. The number of carbonyl (C=O) groups is 3. The molecule has 2 aromatic heterocycles. The first-order valence-electron chi connectivity index (χ1n) is 10.4. The summed E-state index contributed by atoms with van der Waals surface area (Å²) in [5, 5.41) is 4.41. The number of ether oxygens (including phenoxy) is 2. The predicted octanol–water partition coefficient (Wildman–Crippen LogP) is 5.06. The Morgan fingerprint density at radius 3 is 2.61 bits per heavy atom. The molecule has 3 aromatic rings. The van der Waals surface area contributed by atoms with Gasteiger partial charge in [-0.3, -0.25) is 4.79 Å². The molecule has 2 amide bonds. The average molecular weight is 488 g/mol. The molecule has 1 aromatic carbocycles. The van der Waals surface area contributed by atoms with Gasteiger partial charge in [-0.25, -0.2) is 14.6 Å². The molecule has 1 aliphatic rings. The van der Waals surface area contributed by atoms with Crippen LogP contribution in [-0.4, -0.2) is 47.1 Å². The maximum absolute atomic E-state index is 12.6. The van der Waals surface area contributed by atoms with Crippen molar-refractivity contribution in [2.75, 3.05) is 19.0 Å². The lowest BCUT2D eigenvalue weighted by atomic mass is 10.0. The highest BCUT2D eigenvalue weighted by atomic mass is 32.1. The molecule has 33 heavy (non-hydrogen) atoms. The van der Waals surface area contributed by atoms with E-state index in [0.29, 0.717) is 35.6 Å². The van der Waals surface area contributed by atoms with Crippen LogP contribution in [0.2, 0.25) is 0 Å². The molecule has 8 nitrogen and oxygen atoms in total. The Hall–Kier alpha value is -2.98. The summed E-state index contributed by atoms with van der Waals surface area (Å²) in [5.74, 6) is -0.589. The van der Waals surface area contributed by atoms with Crippen LogP contribution in [0.25, 0.3) is 20.8 Å². The van der Waals surface area contributed by atoms with Crippen LogP contribution in [0.1, 0.15) is 48.5 Å². The van der Waals surface area contributed by atoms with E-state index >= 15 is 0 Å². The number of rotatable bonds is 3. The quantitative estimate of drug-likeness (QED) is 0.519. The Morgan fingerprint density at radius 1 is 1.18 bits per heavy atom.